The molecule has 6 nitrogen and oxygen atoms in total. The Morgan fingerprint density at radius 3 is 2.76 bits per heavy atom. The normalized spacial score (nSPS) is 10.6. The highest BCUT2D eigenvalue weighted by molar-refractivity contribution is 7.16. The van der Waals surface area contributed by atoms with Crippen LogP contribution in [0, 0.1) is 0 Å². The zero-order chi connectivity index (χ0) is 17.6. The largest absolute Gasteiger partial charge is 0.497 e. The van der Waals surface area contributed by atoms with Crippen LogP contribution in [0.4, 0.5) is 0 Å². The minimum absolute atomic E-state index is 0.0753. The summed E-state index contributed by atoms with van der Waals surface area (Å²) in [6.07, 6.45) is 0.670. The third-order valence-electron chi connectivity index (χ3n) is 3.47. The molecule has 0 saturated heterocycles. The van der Waals surface area contributed by atoms with Crippen LogP contribution in [0.5, 0.6) is 5.75 Å². The van der Waals surface area contributed by atoms with Gasteiger partial charge in [-0.1, -0.05) is 16.8 Å². The standard InChI is InChI=1S/C17H16ClN3O3S/c1-23-12-4-2-11(3-5-12)17-20-16(24-21-17)9-8-15(22)19-10-13-6-7-14(18)25-13/h2-7H,8-10H2,1H3,(H,19,22). The minimum Gasteiger partial charge on any atom is -0.497 e. The summed E-state index contributed by atoms with van der Waals surface area (Å²) >= 11 is 7.31. The van der Waals surface area contributed by atoms with Gasteiger partial charge in [0, 0.05) is 23.3 Å². The first-order valence-corrected chi connectivity index (χ1v) is 8.81. The lowest BCUT2D eigenvalue weighted by Gasteiger charge is -2.01. The van der Waals surface area contributed by atoms with Gasteiger partial charge in [0.2, 0.25) is 17.6 Å². The summed E-state index contributed by atoms with van der Waals surface area (Å²) in [7, 11) is 1.61. The Morgan fingerprint density at radius 2 is 2.08 bits per heavy atom. The first kappa shape index (κ1) is 17.4. The first-order valence-electron chi connectivity index (χ1n) is 7.62. The quantitative estimate of drug-likeness (QED) is 0.679. The number of nitrogens with zero attached hydrogens (tertiary/aromatic N) is 2. The average Bonchev–Trinajstić information content (AvgIpc) is 3.27. The molecule has 0 spiro atoms. The predicted octanol–water partition coefficient (Wildman–Crippen LogP) is 3.71. The van der Waals surface area contributed by atoms with Gasteiger partial charge in [0.15, 0.2) is 0 Å². The van der Waals surface area contributed by atoms with Crippen molar-refractivity contribution < 1.29 is 14.1 Å². The zero-order valence-electron chi connectivity index (χ0n) is 13.5. The van der Waals surface area contributed by atoms with Crippen LogP contribution in [-0.4, -0.2) is 23.2 Å². The van der Waals surface area contributed by atoms with E-state index in [-0.39, 0.29) is 12.3 Å². The molecular weight excluding hydrogens is 362 g/mol. The third kappa shape index (κ3) is 4.80. The number of carbonyl (C=O) groups excluding carboxylic acids is 1. The van der Waals surface area contributed by atoms with Gasteiger partial charge in [-0.2, -0.15) is 4.98 Å². The Hall–Kier alpha value is -2.38. The van der Waals surface area contributed by atoms with Gasteiger partial charge in [0.1, 0.15) is 5.75 Å². The lowest BCUT2D eigenvalue weighted by atomic mass is 10.2. The first-order chi connectivity index (χ1) is 12.1. The molecule has 0 fully saturated rings. The molecule has 0 aliphatic rings. The van der Waals surface area contributed by atoms with Crippen LogP contribution in [0.3, 0.4) is 0 Å². The summed E-state index contributed by atoms with van der Waals surface area (Å²) in [5, 5.41) is 6.79. The second kappa shape index (κ2) is 8.13. The lowest BCUT2D eigenvalue weighted by molar-refractivity contribution is -0.121. The molecule has 0 aliphatic carbocycles. The van der Waals surface area contributed by atoms with E-state index >= 15 is 0 Å². The topological polar surface area (TPSA) is 77.2 Å². The van der Waals surface area contributed by atoms with Crippen LogP contribution in [0.1, 0.15) is 17.2 Å². The molecule has 0 bridgehead atoms. The molecule has 0 aliphatic heterocycles. The number of hydrogen-bond donors (Lipinski definition) is 1. The van der Waals surface area contributed by atoms with Crippen LogP contribution >= 0.6 is 22.9 Å². The summed E-state index contributed by atoms with van der Waals surface area (Å²) in [5.41, 5.74) is 0.829. The van der Waals surface area contributed by atoms with Crippen molar-refractivity contribution in [3.8, 4) is 17.1 Å². The maximum Gasteiger partial charge on any atom is 0.227 e. The SMILES string of the molecule is COc1ccc(-c2noc(CCC(=O)NCc3ccc(Cl)s3)n2)cc1. The fourth-order valence-corrected chi connectivity index (χ4v) is 3.18. The predicted molar refractivity (Wildman–Crippen MR) is 95.8 cm³/mol. The fourth-order valence-electron chi connectivity index (χ4n) is 2.16. The van der Waals surface area contributed by atoms with Crippen LogP contribution in [-0.2, 0) is 17.8 Å². The zero-order valence-corrected chi connectivity index (χ0v) is 15.1. The monoisotopic (exact) mass is 377 g/mol. The van der Waals surface area contributed by atoms with Gasteiger partial charge in [-0.25, -0.2) is 0 Å². The maximum absolute atomic E-state index is 11.9. The van der Waals surface area contributed by atoms with Gasteiger partial charge in [0.25, 0.3) is 0 Å². The molecule has 0 saturated carbocycles. The molecule has 3 aromatic rings. The molecule has 1 amide bonds. The van der Waals surface area contributed by atoms with Crippen LogP contribution in [0.15, 0.2) is 40.9 Å². The van der Waals surface area contributed by atoms with Crippen molar-refractivity contribution in [3.63, 3.8) is 0 Å². The van der Waals surface area contributed by atoms with E-state index in [4.69, 9.17) is 20.9 Å². The van der Waals surface area contributed by atoms with Crippen molar-refractivity contribution in [2.75, 3.05) is 7.11 Å². The van der Waals surface area contributed by atoms with Gasteiger partial charge >= 0.3 is 0 Å². The summed E-state index contributed by atoms with van der Waals surface area (Å²) in [6, 6.07) is 11.1. The van der Waals surface area contributed by atoms with E-state index in [9.17, 15) is 4.79 Å². The molecule has 25 heavy (non-hydrogen) atoms. The van der Waals surface area contributed by atoms with Crippen molar-refractivity contribution in [2.45, 2.75) is 19.4 Å². The summed E-state index contributed by atoms with van der Waals surface area (Å²) < 4.78 is 11.0. The van der Waals surface area contributed by atoms with Crippen molar-refractivity contribution in [3.05, 3.63) is 51.5 Å². The fraction of sp³-hybridized carbons (Fsp3) is 0.235. The highest BCUT2D eigenvalue weighted by Gasteiger charge is 2.11. The molecule has 0 unspecified atom stereocenters. The Labute approximate surface area is 153 Å². The molecule has 2 heterocycles. The molecule has 8 heteroatoms. The second-order valence-electron chi connectivity index (χ2n) is 5.22. The van der Waals surface area contributed by atoms with Gasteiger partial charge in [-0.05, 0) is 36.4 Å². The minimum atomic E-state index is -0.0753. The summed E-state index contributed by atoms with van der Waals surface area (Å²) in [6.45, 7) is 0.469. The Bertz CT molecular complexity index is 845. The average molecular weight is 378 g/mol. The summed E-state index contributed by atoms with van der Waals surface area (Å²) in [4.78, 5) is 17.2. The lowest BCUT2D eigenvalue weighted by Crippen LogP contribution is -2.22. The number of thiophene rings is 1. The highest BCUT2D eigenvalue weighted by atomic mass is 35.5. The maximum atomic E-state index is 11.9. The van der Waals surface area contributed by atoms with E-state index in [1.54, 1.807) is 7.11 Å². The number of nitrogens with one attached hydrogen (secondary N) is 1. The van der Waals surface area contributed by atoms with Crippen LogP contribution < -0.4 is 10.1 Å². The number of rotatable bonds is 7. The second-order valence-corrected chi connectivity index (χ2v) is 7.02. The molecule has 0 atom stereocenters. The van der Waals surface area contributed by atoms with Gasteiger partial charge < -0.3 is 14.6 Å². The van der Waals surface area contributed by atoms with Crippen LogP contribution in [0.25, 0.3) is 11.4 Å². The Kier molecular flexibility index (Phi) is 5.67. The molecule has 0 radical (unpaired) electrons. The number of aromatic nitrogens is 2. The summed E-state index contributed by atoms with van der Waals surface area (Å²) in [5.74, 6) is 1.61. The molecular formula is C17H16ClN3O3S. The number of hydrogen-bond acceptors (Lipinski definition) is 6. The van der Waals surface area contributed by atoms with Crippen molar-refractivity contribution in [1.82, 2.24) is 15.5 Å². The number of aryl methyl sites for hydroxylation is 1. The number of carbonyl (C=O) groups is 1. The van der Waals surface area contributed by atoms with E-state index < -0.39 is 0 Å². The van der Waals surface area contributed by atoms with E-state index in [0.29, 0.717) is 29.0 Å². The smallest absolute Gasteiger partial charge is 0.227 e. The Balaban J connectivity index is 1.50. The van der Waals surface area contributed by atoms with Crippen molar-refractivity contribution in [2.24, 2.45) is 0 Å². The third-order valence-corrected chi connectivity index (χ3v) is 4.70. The van der Waals surface area contributed by atoms with E-state index in [1.807, 2.05) is 36.4 Å². The highest BCUT2D eigenvalue weighted by Crippen LogP contribution is 2.21. The molecule has 3 rings (SSSR count). The van der Waals surface area contributed by atoms with Crippen molar-refractivity contribution in [1.29, 1.82) is 0 Å². The van der Waals surface area contributed by atoms with Crippen molar-refractivity contribution >= 4 is 28.8 Å². The van der Waals surface area contributed by atoms with E-state index in [1.165, 1.54) is 11.3 Å². The van der Waals surface area contributed by atoms with Gasteiger partial charge in [-0.15, -0.1) is 11.3 Å². The number of ether oxygens (including phenoxy) is 1. The number of halogens is 1. The van der Waals surface area contributed by atoms with E-state index in [2.05, 4.69) is 15.5 Å². The number of amides is 1. The van der Waals surface area contributed by atoms with E-state index in [0.717, 1.165) is 16.2 Å². The van der Waals surface area contributed by atoms with Crippen LogP contribution in [0.2, 0.25) is 4.34 Å². The molecule has 2 aromatic heterocycles. The molecule has 130 valence electrons. The molecule has 1 aromatic carbocycles. The molecule has 1 N–H and O–H groups in total. The number of methoxy groups -OCH3 is 1. The Morgan fingerprint density at radius 1 is 1.28 bits per heavy atom. The van der Waals surface area contributed by atoms with Gasteiger partial charge in [-0.3, -0.25) is 4.79 Å². The van der Waals surface area contributed by atoms with Gasteiger partial charge in [0.05, 0.1) is 18.0 Å². The number of benzene rings is 1.